The molecule has 5 heteroatoms. The number of likely N-dealkylation sites (tertiary alicyclic amines) is 1. The smallest absolute Gasteiger partial charge is 0.321 e. The zero-order valence-corrected chi connectivity index (χ0v) is 16.0. The van der Waals surface area contributed by atoms with E-state index < -0.39 is 0 Å². The molecule has 5 nitrogen and oxygen atoms in total. The highest BCUT2D eigenvalue weighted by molar-refractivity contribution is 5.90. The zero-order valence-electron chi connectivity index (χ0n) is 16.0. The van der Waals surface area contributed by atoms with E-state index in [1.807, 2.05) is 62.4 Å². The van der Waals surface area contributed by atoms with Crippen molar-refractivity contribution in [2.75, 3.05) is 18.4 Å². The lowest BCUT2D eigenvalue weighted by Crippen LogP contribution is -2.46. The molecule has 2 aromatic rings. The van der Waals surface area contributed by atoms with Gasteiger partial charge in [-0.15, -0.1) is 0 Å². The second-order valence-electron chi connectivity index (χ2n) is 7.23. The summed E-state index contributed by atoms with van der Waals surface area (Å²) in [6.45, 7) is 5.71. The fourth-order valence-corrected chi connectivity index (χ4v) is 3.35. The van der Waals surface area contributed by atoms with Gasteiger partial charge >= 0.3 is 6.03 Å². The molecule has 0 bridgehead atoms. The van der Waals surface area contributed by atoms with Gasteiger partial charge in [0.2, 0.25) is 5.91 Å². The summed E-state index contributed by atoms with van der Waals surface area (Å²) in [4.78, 5) is 26.8. The van der Waals surface area contributed by atoms with Gasteiger partial charge in [-0.05, 0) is 49.9 Å². The van der Waals surface area contributed by atoms with Crippen LogP contribution in [0.25, 0.3) is 0 Å². The molecule has 0 saturated carbocycles. The number of urea groups is 1. The fourth-order valence-electron chi connectivity index (χ4n) is 3.35. The van der Waals surface area contributed by atoms with Gasteiger partial charge in [0, 0.05) is 25.3 Å². The normalized spacial score (nSPS) is 16.7. The molecule has 1 aliphatic rings. The van der Waals surface area contributed by atoms with Gasteiger partial charge in [-0.3, -0.25) is 4.79 Å². The van der Waals surface area contributed by atoms with Crippen LogP contribution in [-0.2, 0) is 11.3 Å². The Hall–Kier alpha value is -2.82. The lowest BCUT2D eigenvalue weighted by atomic mass is 9.97. The molecular weight excluding hydrogens is 338 g/mol. The van der Waals surface area contributed by atoms with Crippen molar-refractivity contribution in [1.29, 1.82) is 0 Å². The van der Waals surface area contributed by atoms with Crippen LogP contribution in [0, 0.1) is 19.8 Å². The van der Waals surface area contributed by atoms with Crippen molar-refractivity contribution < 1.29 is 9.59 Å². The summed E-state index contributed by atoms with van der Waals surface area (Å²) in [7, 11) is 0. The monoisotopic (exact) mass is 365 g/mol. The first kappa shape index (κ1) is 19.0. The van der Waals surface area contributed by atoms with E-state index in [0.29, 0.717) is 19.6 Å². The van der Waals surface area contributed by atoms with Gasteiger partial charge in [-0.1, -0.05) is 42.0 Å². The molecular formula is C22H27N3O2. The van der Waals surface area contributed by atoms with Crippen LogP contribution >= 0.6 is 0 Å². The van der Waals surface area contributed by atoms with Gasteiger partial charge in [-0.2, -0.15) is 0 Å². The van der Waals surface area contributed by atoms with Crippen molar-refractivity contribution >= 4 is 17.6 Å². The van der Waals surface area contributed by atoms with Crippen molar-refractivity contribution in [1.82, 2.24) is 10.2 Å². The highest BCUT2D eigenvalue weighted by Gasteiger charge is 2.28. The molecule has 3 rings (SSSR count). The molecule has 1 saturated heterocycles. The summed E-state index contributed by atoms with van der Waals surface area (Å²) < 4.78 is 0. The highest BCUT2D eigenvalue weighted by Crippen LogP contribution is 2.19. The molecule has 1 fully saturated rings. The molecule has 0 aliphatic carbocycles. The summed E-state index contributed by atoms with van der Waals surface area (Å²) in [6.07, 6.45) is 1.65. The number of nitrogens with one attached hydrogen (secondary N) is 2. The number of hydrogen-bond acceptors (Lipinski definition) is 2. The number of hydrogen-bond donors (Lipinski definition) is 2. The lowest BCUT2D eigenvalue weighted by molar-refractivity contribution is -0.126. The van der Waals surface area contributed by atoms with Gasteiger partial charge < -0.3 is 15.5 Å². The first-order valence-corrected chi connectivity index (χ1v) is 9.48. The molecule has 2 N–H and O–H groups in total. The van der Waals surface area contributed by atoms with Crippen molar-refractivity contribution in [3.8, 4) is 0 Å². The van der Waals surface area contributed by atoms with Crippen molar-refractivity contribution in [3.05, 3.63) is 65.2 Å². The van der Waals surface area contributed by atoms with E-state index in [9.17, 15) is 9.59 Å². The number of carbonyl (C=O) groups excluding carboxylic acids is 2. The predicted octanol–water partition coefficient (Wildman–Crippen LogP) is 3.86. The predicted molar refractivity (Wildman–Crippen MR) is 108 cm³/mol. The van der Waals surface area contributed by atoms with Crippen LogP contribution < -0.4 is 10.6 Å². The Morgan fingerprint density at radius 3 is 2.56 bits per heavy atom. The van der Waals surface area contributed by atoms with E-state index in [1.165, 1.54) is 5.56 Å². The number of anilines is 1. The summed E-state index contributed by atoms with van der Waals surface area (Å²) in [5.74, 6) is -0.141. The van der Waals surface area contributed by atoms with E-state index >= 15 is 0 Å². The number of amides is 3. The summed E-state index contributed by atoms with van der Waals surface area (Å²) >= 11 is 0. The number of piperidine rings is 1. The number of aryl methyl sites for hydroxylation is 2. The molecule has 2 aromatic carbocycles. The second kappa shape index (κ2) is 8.71. The topological polar surface area (TPSA) is 61.4 Å². The van der Waals surface area contributed by atoms with Crippen molar-refractivity contribution in [2.24, 2.45) is 5.92 Å². The minimum atomic E-state index is -0.161. The molecule has 142 valence electrons. The van der Waals surface area contributed by atoms with Gasteiger partial charge in [0.05, 0.1) is 5.92 Å². The van der Waals surface area contributed by atoms with Gasteiger partial charge in [0.1, 0.15) is 0 Å². The van der Waals surface area contributed by atoms with Crippen molar-refractivity contribution in [2.45, 2.75) is 33.2 Å². The standard InChI is InChI=1S/C22H27N3O2/c1-16-9-11-20(12-10-16)24-22(27)25-13-5-8-19(15-25)21(26)23-14-18-7-4-3-6-17(18)2/h3-4,6-7,9-12,19H,5,8,13-15H2,1-2H3,(H,23,26)(H,24,27). The molecule has 3 amide bonds. The molecule has 0 radical (unpaired) electrons. The highest BCUT2D eigenvalue weighted by atomic mass is 16.2. The van der Waals surface area contributed by atoms with E-state index in [0.717, 1.165) is 29.7 Å². The first-order chi connectivity index (χ1) is 13.0. The SMILES string of the molecule is Cc1ccc(NC(=O)N2CCCC(C(=O)NCc3ccccc3C)C2)cc1. The lowest BCUT2D eigenvalue weighted by Gasteiger charge is -2.32. The van der Waals surface area contributed by atoms with Crippen LogP contribution in [0.5, 0.6) is 0 Å². The summed E-state index contributed by atoms with van der Waals surface area (Å²) in [6, 6.07) is 15.6. The Labute approximate surface area is 160 Å². The molecule has 1 unspecified atom stereocenters. The third-order valence-electron chi connectivity index (χ3n) is 5.10. The Kier molecular flexibility index (Phi) is 6.12. The minimum Gasteiger partial charge on any atom is -0.352 e. The molecule has 0 aromatic heterocycles. The van der Waals surface area contributed by atoms with Gasteiger partial charge in [-0.25, -0.2) is 4.79 Å². The second-order valence-corrected chi connectivity index (χ2v) is 7.23. The van der Waals surface area contributed by atoms with Crippen LogP contribution in [0.1, 0.15) is 29.5 Å². The van der Waals surface area contributed by atoms with Crippen LogP contribution in [-0.4, -0.2) is 29.9 Å². The maximum Gasteiger partial charge on any atom is 0.321 e. The fraction of sp³-hybridized carbons (Fsp3) is 0.364. The van der Waals surface area contributed by atoms with E-state index in [2.05, 4.69) is 10.6 Å². The molecule has 1 aliphatic heterocycles. The average molecular weight is 365 g/mol. The van der Waals surface area contributed by atoms with Crippen LogP contribution in [0.3, 0.4) is 0 Å². The Bertz CT molecular complexity index is 801. The zero-order chi connectivity index (χ0) is 19.2. The van der Waals surface area contributed by atoms with Crippen LogP contribution in [0.2, 0.25) is 0 Å². The largest absolute Gasteiger partial charge is 0.352 e. The third kappa shape index (κ3) is 5.09. The molecule has 0 spiro atoms. The molecule has 1 atom stereocenters. The molecule has 1 heterocycles. The maximum atomic E-state index is 12.6. The number of benzene rings is 2. The molecule has 27 heavy (non-hydrogen) atoms. The maximum absolute atomic E-state index is 12.6. The quantitative estimate of drug-likeness (QED) is 0.864. The Morgan fingerprint density at radius 1 is 1.07 bits per heavy atom. The number of rotatable bonds is 4. The summed E-state index contributed by atoms with van der Waals surface area (Å²) in [5.41, 5.74) is 4.21. The number of carbonyl (C=O) groups is 2. The minimum absolute atomic E-state index is 0.0195. The van der Waals surface area contributed by atoms with Gasteiger partial charge in [0.15, 0.2) is 0 Å². The van der Waals surface area contributed by atoms with E-state index in [1.54, 1.807) is 4.90 Å². The summed E-state index contributed by atoms with van der Waals surface area (Å²) in [5, 5.41) is 5.95. The third-order valence-corrected chi connectivity index (χ3v) is 5.10. The number of nitrogens with zero attached hydrogens (tertiary/aromatic N) is 1. The van der Waals surface area contributed by atoms with Crippen LogP contribution in [0.15, 0.2) is 48.5 Å². The van der Waals surface area contributed by atoms with Gasteiger partial charge in [0.25, 0.3) is 0 Å². The Morgan fingerprint density at radius 2 is 1.81 bits per heavy atom. The van der Waals surface area contributed by atoms with E-state index in [4.69, 9.17) is 0 Å². The van der Waals surface area contributed by atoms with Crippen LogP contribution in [0.4, 0.5) is 10.5 Å². The van der Waals surface area contributed by atoms with Crippen molar-refractivity contribution in [3.63, 3.8) is 0 Å². The average Bonchev–Trinajstić information content (AvgIpc) is 2.69. The first-order valence-electron chi connectivity index (χ1n) is 9.48. The Balaban J connectivity index is 1.53. The van der Waals surface area contributed by atoms with E-state index in [-0.39, 0.29) is 17.9 Å².